The van der Waals surface area contributed by atoms with E-state index in [1.54, 1.807) is 36.4 Å². The van der Waals surface area contributed by atoms with Crippen LogP contribution >= 0.6 is 0 Å². The monoisotopic (exact) mass is 442 g/mol. The molecule has 3 rings (SSSR count). The van der Waals surface area contributed by atoms with Crippen LogP contribution in [0.2, 0.25) is 0 Å². The number of nitrogens with one attached hydrogen (secondary N) is 1. The average molecular weight is 443 g/mol. The third-order valence-corrected chi connectivity index (χ3v) is 6.46. The van der Waals surface area contributed by atoms with E-state index in [0.29, 0.717) is 5.69 Å². The molecule has 1 N–H and O–H groups in total. The highest BCUT2D eigenvalue weighted by molar-refractivity contribution is 7.92. The van der Waals surface area contributed by atoms with Crippen LogP contribution in [0.15, 0.2) is 77.7 Å². The predicted octanol–water partition coefficient (Wildman–Crippen LogP) is 4.23. The molecule has 0 saturated heterocycles. The zero-order valence-electron chi connectivity index (χ0n) is 17.2. The number of hydrogen-bond donors (Lipinski definition) is 1. The molecule has 3 aromatic rings. The molecule has 0 atom stereocenters. The first-order chi connectivity index (χ1) is 14.8. The number of hydrogen-bond acceptors (Lipinski definition) is 4. The van der Waals surface area contributed by atoms with Crippen molar-refractivity contribution in [3.63, 3.8) is 0 Å². The Morgan fingerprint density at radius 2 is 1.65 bits per heavy atom. The lowest BCUT2D eigenvalue weighted by molar-refractivity contribution is -0.114. The minimum absolute atomic E-state index is 0.139. The van der Waals surface area contributed by atoms with E-state index in [2.05, 4.69) is 5.32 Å². The van der Waals surface area contributed by atoms with E-state index in [1.165, 1.54) is 7.11 Å². The van der Waals surface area contributed by atoms with Gasteiger partial charge in [-0.05, 0) is 60.5 Å². The number of sulfonamides is 1. The number of carbonyl (C=O) groups excluding carboxylic acids is 1. The summed E-state index contributed by atoms with van der Waals surface area (Å²) in [6.45, 7) is 1.54. The van der Waals surface area contributed by atoms with Crippen molar-refractivity contribution in [2.45, 2.75) is 18.2 Å². The highest BCUT2D eigenvalue weighted by Gasteiger charge is 2.29. The number of amides is 1. The molecular formula is C23H23FN2O4S. The van der Waals surface area contributed by atoms with Gasteiger partial charge in [-0.2, -0.15) is 0 Å². The van der Waals surface area contributed by atoms with Gasteiger partial charge in [0.15, 0.2) is 0 Å². The summed E-state index contributed by atoms with van der Waals surface area (Å²) in [5, 5.41) is 2.72. The zero-order valence-corrected chi connectivity index (χ0v) is 18.0. The van der Waals surface area contributed by atoms with Crippen LogP contribution in [0.5, 0.6) is 5.75 Å². The molecule has 6 nitrogen and oxygen atoms in total. The Hall–Kier alpha value is -3.39. The second-order valence-electron chi connectivity index (χ2n) is 6.74. The molecule has 0 radical (unpaired) electrons. The summed E-state index contributed by atoms with van der Waals surface area (Å²) in [4.78, 5) is 12.6. The number of rotatable bonds is 8. The van der Waals surface area contributed by atoms with Gasteiger partial charge in [0.1, 0.15) is 18.1 Å². The third kappa shape index (κ3) is 5.21. The van der Waals surface area contributed by atoms with E-state index >= 15 is 0 Å². The quantitative estimate of drug-likeness (QED) is 0.567. The van der Waals surface area contributed by atoms with Crippen LogP contribution < -0.4 is 14.4 Å². The van der Waals surface area contributed by atoms with E-state index in [-0.39, 0.29) is 16.3 Å². The number of benzene rings is 3. The van der Waals surface area contributed by atoms with E-state index in [1.807, 2.05) is 19.1 Å². The topological polar surface area (TPSA) is 75.7 Å². The summed E-state index contributed by atoms with van der Waals surface area (Å²) < 4.78 is 46.3. The molecule has 8 heteroatoms. The van der Waals surface area contributed by atoms with Crippen LogP contribution in [-0.4, -0.2) is 28.0 Å². The summed E-state index contributed by atoms with van der Waals surface area (Å²) in [7, 11) is -2.76. The maximum absolute atomic E-state index is 13.4. The van der Waals surface area contributed by atoms with Gasteiger partial charge in [-0.3, -0.25) is 9.10 Å². The second kappa shape index (κ2) is 9.61. The summed E-state index contributed by atoms with van der Waals surface area (Å²) in [5.74, 6) is -0.801. The van der Waals surface area contributed by atoms with Gasteiger partial charge in [0.2, 0.25) is 5.91 Å². The van der Waals surface area contributed by atoms with Crippen molar-refractivity contribution < 1.29 is 22.3 Å². The summed E-state index contributed by atoms with van der Waals surface area (Å²) in [5.41, 5.74) is 1.87. The molecule has 0 bridgehead atoms. The van der Waals surface area contributed by atoms with Gasteiger partial charge in [0, 0.05) is 5.69 Å². The molecule has 0 aliphatic rings. The molecule has 1 amide bonds. The molecule has 0 heterocycles. The van der Waals surface area contributed by atoms with Gasteiger partial charge in [-0.15, -0.1) is 0 Å². The van der Waals surface area contributed by atoms with Gasteiger partial charge in [0.05, 0.1) is 17.7 Å². The molecule has 0 saturated carbocycles. The maximum atomic E-state index is 13.4. The Kier molecular flexibility index (Phi) is 6.91. The molecule has 162 valence electrons. The molecule has 0 fully saturated rings. The average Bonchev–Trinajstić information content (AvgIpc) is 2.78. The minimum atomic E-state index is -4.18. The second-order valence-corrected chi connectivity index (χ2v) is 8.60. The van der Waals surface area contributed by atoms with E-state index < -0.39 is 28.3 Å². The van der Waals surface area contributed by atoms with Crippen molar-refractivity contribution in [3.8, 4) is 5.75 Å². The Morgan fingerprint density at radius 3 is 2.26 bits per heavy atom. The van der Waals surface area contributed by atoms with Crippen molar-refractivity contribution in [2.24, 2.45) is 0 Å². The molecule has 0 aliphatic heterocycles. The number of ether oxygens (including phenoxy) is 1. The fourth-order valence-electron chi connectivity index (χ4n) is 3.02. The molecule has 0 unspecified atom stereocenters. The lowest BCUT2D eigenvalue weighted by atomic mass is 10.1. The van der Waals surface area contributed by atoms with Crippen LogP contribution in [0.4, 0.5) is 15.8 Å². The third-order valence-electron chi connectivity index (χ3n) is 4.69. The van der Waals surface area contributed by atoms with Crippen molar-refractivity contribution in [1.29, 1.82) is 0 Å². The summed E-state index contributed by atoms with van der Waals surface area (Å²) in [6.07, 6.45) is 0.867. The summed E-state index contributed by atoms with van der Waals surface area (Å²) in [6, 6.07) is 18.2. The van der Waals surface area contributed by atoms with Gasteiger partial charge in [0.25, 0.3) is 10.0 Å². The van der Waals surface area contributed by atoms with Crippen LogP contribution in [0, 0.1) is 5.82 Å². The lowest BCUT2D eigenvalue weighted by Gasteiger charge is -2.25. The number of para-hydroxylation sites is 2. The highest BCUT2D eigenvalue weighted by atomic mass is 32.2. The van der Waals surface area contributed by atoms with Gasteiger partial charge in [-0.1, -0.05) is 31.2 Å². The fourth-order valence-corrected chi connectivity index (χ4v) is 4.46. The molecule has 3 aromatic carbocycles. The molecular weight excluding hydrogens is 419 g/mol. The first-order valence-corrected chi connectivity index (χ1v) is 11.1. The number of aryl methyl sites for hydroxylation is 1. The highest BCUT2D eigenvalue weighted by Crippen LogP contribution is 2.32. The molecule has 0 aromatic heterocycles. The minimum Gasteiger partial charge on any atom is -0.495 e. The van der Waals surface area contributed by atoms with E-state index in [4.69, 9.17) is 4.74 Å². The van der Waals surface area contributed by atoms with Crippen molar-refractivity contribution in [2.75, 3.05) is 23.3 Å². The normalized spacial score (nSPS) is 11.1. The Labute approximate surface area is 181 Å². The largest absolute Gasteiger partial charge is 0.495 e. The van der Waals surface area contributed by atoms with Crippen molar-refractivity contribution >= 4 is 27.3 Å². The van der Waals surface area contributed by atoms with E-state index in [9.17, 15) is 17.6 Å². The van der Waals surface area contributed by atoms with Gasteiger partial charge < -0.3 is 10.1 Å². The van der Waals surface area contributed by atoms with Gasteiger partial charge >= 0.3 is 0 Å². The summed E-state index contributed by atoms with van der Waals surface area (Å²) >= 11 is 0. The number of carbonyl (C=O) groups is 1. The van der Waals surface area contributed by atoms with Crippen molar-refractivity contribution in [3.05, 3.63) is 84.2 Å². The SMILES string of the molecule is CCc1ccc(NC(=O)CN(c2ccccc2OC)S(=O)(=O)c2ccc(F)cc2)cc1. The molecule has 0 aliphatic carbocycles. The Morgan fingerprint density at radius 1 is 1.00 bits per heavy atom. The Balaban J connectivity index is 1.95. The van der Waals surface area contributed by atoms with Crippen LogP contribution in [0.1, 0.15) is 12.5 Å². The number of anilines is 2. The van der Waals surface area contributed by atoms with E-state index in [0.717, 1.165) is 40.6 Å². The van der Waals surface area contributed by atoms with Crippen molar-refractivity contribution in [1.82, 2.24) is 0 Å². The predicted molar refractivity (Wildman–Crippen MR) is 118 cm³/mol. The maximum Gasteiger partial charge on any atom is 0.264 e. The smallest absolute Gasteiger partial charge is 0.264 e. The number of halogens is 1. The standard InChI is InChI=1S/C23H23FN2O4S/c1-3-17-8-12-19(13-9-17)25-23(27)16-26(21-6-4-5-7-22(21)30-2)31(28,29)20-14-10-18(24)11-15-20/h4-15H,3,16H2,1-2H3,(H,25,27). The fraction of sp³-hybridized carbons (Fsp3) is 0.174. The number of nitrogens with zero attached hydrogens (tertiary/aromatic N) is 1. The zero-order chi connectivity index (χ0) is 22.4. The van der Waals surface area contributed by atoms with Crippen LogP contribution in [0.25, 0.3) is 0 Å². The lowest BCUT2D eigenvalue weighted by Crippen LogP contribution is -2.38. The number of methoxy groups -OCH3 is 1. The van der Waals surface area contributed by atoms with Gasteiger partial charge in [-0.25, -0.2) is 12.8 Å². The Bertz CT molecular complexity index is 1150. The van der Waals surface area contributed by atoms with Crippen LogP contribution in [0.3, 0.4) is 0 Å². The molecule has 31 heavy (non-hydrogen) atoms. The van der Waals surface area contributed by atoms with Crippen LogP contribution in [-0.2, 0) is 21.2 Å². The molecule has 0 spiro atoms. The first kappa shape index (κ1) is 22.3. The first-order valence-electron chi connectivity index (χ1n) is 9.65.